The van der Waals surface area contributed by atoms with E-state index in [9.17, 15) is 9.59 Å². The van der Waals surface area contributed by atoms with E-state index in [1.165, 1.54) is 16.3 Å². The molecule has 2 aromatic carbocycles. The van der Waals surface area contributed by atoms with Gasteiger partial charge in [0, 0.05) is 5.92 Å². The summed E-state index contributed by atoms with van der Waals surface area (Å²) in [5.74, 6) is -0.917. The fourth-order valence-electron chi connectivity index (χ4n) is 3.25. The smallest absolute Gasteiger partial charge is 0.329 e. The Labute approximate surface area is 128 Å². The molecule has 112 valence electrons. The Kier molecular flexibility index (Phi) is 2.76. The topological polar surface area (TPSA) is 66.4 Å². The van der Waals surface area contributed by atoms with Crippen molar-refractivity contribution in [1.82, 2.24) is 5.32 Å². The molecule has 0 aromatic heterocycles. The van der Waals surface area contributed by atoms with Crippen molar-refractivity contribution in [2.45, 2.75) is 30.7 Å². The molecule has 22 heavy (non-hydrogen) atoms. The predicted octanol–water partition coefficient (Wildman–Crippen LogP) is 2.68. The van der Waals surface area contributed by atoms with Gasteiger partial charge in [-0.1, -0.05) is 42.5 Å². The highest BCUT2D eigenvalue weighted by Gasteiger charge is 2.54. The molecule has 4 rings (SSSR count). The maximum absolute atomic E-state index is 12.3. The van der Waals surface area contributed by atoms with E-state index in [4.69, 9.17) is 5.11 Å². The van der Waals surface area contributed by atoms with Gasteiger partial charge in [-0.15, -0.1) is 0 Å². The molecule has 1 amide bonds. The van der Waals surface area contributed by atoms with Crippen LogP contribution in [0.4, 0.5) is 0 Å². The molecule has 0 saturated heterocycles. The highest BCUT2D eigenvalue weighted by molar-refractivity contribution is 5.93. The summed E-state index contributed by atoms with van der Waals surface area (Å²) in [6.45, 7) is 0. The summed E-state index contributed by atoms with van der Waals surface area (Å²) in [4.78, 5) is 23.5. The number of aliphatic carboxylic acids is 1. The van der Waals surface area contributed by atoms with E-state index in [2.05, 4.69) is 29.6 Å². The summed E-state index contributed by atoms with van der Waals surface area (Å²) in [5, 5.41) is 14.3. The average Bonchev–Trinajstić information content (AvgIpc) is 3.41. The number of nitrogens with one attached hydrogen (secondary N) is 1. The minimum absolute atomic E-state index is 0.0948. The Bertz CT molecular complexity index is 774. The molecular formula is C18H17NO3. The number of fused-ring (bicyclic) bond motifs is 1. The van der Waals surface area contributed by atoms with Crippen molar-refractivity contribution in [3.63, 3.8) is 0 Å². The Morgan fingerprint density at radius 1 is 1.09 bits per heavy atom. The Morgan fingerprint density at radius 3 is 2.55 bits per heavy atom. The van der Waals surface area contributed by atoms with Gasteiger partial charge in [-0.3, -0.25) is 4.79 Å². The van der Waals surface area contributed by atoms with Crippen LogP contribution in [0.2, 0.25) is 0 Å². The number of hydrogen-bond donors (Lipinski definition) is 2. The first-order valence-electron chi connectivity index (χ1n) is 7.64. The monoisotopic (exact) mass is 295 g/mol. The minimum atomic E-state index is -0.983. The molecule has 4 heteroatoms. The second kappa shape index (κ2) is 4.57. The van der Waals surface area contributed by atoms with E-state index in [0.29, 0.717) is 12.8 Å². The van der Waals surface area contributed by atoms with Gasteiger partial charge < -0.3 is 10.4 Å². The van der Waals surface area contributed by atoms with Crippen LogP contribution < -0.4 is 5.32 Å². The molecule has 2 saturated carbocycles. The van der Waals surface area contributed by atoms with E-state index in [-0.39, 0.29) is 17.7 Å². The molecule has 2 fully saturated rings. The third kappa shape index (κ3) is 2.06. The molecule has 0 aliphatic heterocycles. The molecule has 0 spiro atoms. The number of hydrogen-bond acceptors (Lipinski definition) is 2. The second-order valence-electron chi connectivity index (χ2n) is 6.39. The molecule has 2 unspecified atom stereocenters. The molecular weight excluding hydrogens is 278 g/mol. The van der Waals surface area contributed by atoms with Gasteiger partial charge in [0.1, 0.15) is 5.54 Å². The SMILES string of the molecule is O=C(NC1(C(=O)O)CC1)C1CC1c1cccc2ccccc12. The van der Waals surface area contributed by atoms with Crippen molar-refractivity contribution in [3.05, 3.63) is 48.0 Å². The van der Waals surface area contributed by atoms with E-state index in [0.717, 1.165) is 6.42 Å². The first kappa shape index (κ1) is 13.3. The average molecular weight is 295 g/mol. The molecule has 2 aliphatic rings. The zero-order valence-corrected chi connectivity index (χ0v) is 12.1. The Hall–Kier alpha value is -2.36. The summed E-state index contributed by atoms with van der Waals surface area (Å²) in [7, 11) is 0. The number of amides is 1. The van der Waals surface area contributed by atoms with Gasteiger partial charge in [0.2, 0.25) is 5.91 Å². The summed E-state index contributed by atoms with van der Waals surface area (Å²) in [5.41, 5.74) is 0.210. The van der Waals surface area contributed by atoms with Crippen molar-refractivity contribution in [2.24, 2.45) is 5.92 Å². The third-order valence-electron chi connectivity index (χ3n) is 4.87. The van der Waals surface area contributed by atoms with Gasteiger partial charge in [-0.2, -0.15) is 0 Å². The van der Waals surface area contributed by atoms with Crippen LogP contribution in [-0.2, 0) is 9.59 Å². The van der Waals surface area contributed by atoms with E-state index in [1.54, 1.807) is 0 Å². The van der Waals surface area contributed by atoms with Crippen LogP contribution in [0.25, 0.3) is 10.8 Å². The maximum atomic E-state index is 12.3. The van der Waals surface area contributed by atoms with E-state index in [1.807, 2.05) is 18.2 Å². The fourth-order valence-corrected chi connectivity index (χ4v) is 3.25. The van der Waals surface area contributed by atoms with Crippen molar-refractivity contribution >= 4 is 22.6 Å². The number of carboxylic acid groups (broad SMARTS) is 1. The highest BCUT2D eigenvalue weighted by atomic mass is 16.4. The summed E-state index contributed by atoms with van der Waals surface area (Å²) >= 11 is 0. The summed E-state index contributed by atoms with van der Waals surface area (Å²) in [6, 6.07) is 14.3. The van der Waals surface area contributed by atoms with Gasteiger partial charge in [0.25, 0.3) is 0 Å². The maximum Gasteiger partial charge on any atom is 0.329 e. The standard InChI is InChI=1S/C18H17NO3/c20-16(19-18(8-9-18)17(21)22)15-10-14(15)13-7-3-5-11-4-1-2-6-12(11)13/h1-7,14-15H,8-10H2,(H,19,20)(H,21,22). The number of carbonyl (C=O) groups is 2. The predicted molar refractivity (Wildman–Crippen MR) is 82.5 cm³/mol. The lowest BCUT2D eigenvalue weighted by Crippen LogP contribution is -2.43. The third-order valence-corrected chi connectivity index (χ3v) is 4.87. The van der Waals surface area contributed by atoms with Crippen LogP contribution in [0.1, 0.15) is 30.7 Å². The quantitative estimate of drug-likeness (QED) is 0.911. The largest absolute Gasteiger partial charge is 0.480 e. The molecule has 4 nitrogen and oxygen atoms in total. The van der Waals surface area contributed by atoms with Crippen LogP contribution in [-0.4, -0.2) is 22.5 Å². The van der Waals surface area contributed by atoms with Crippen LogP contribution in [0, 0.1) is 5.92 Å². The summed E-state index contributed by atoms with van der Waals surface area (Å²) < 4.78 is 0. The van der Waals surface area contributed by atoms with Crippen molar-refractivity contribution in [2.75, 3.05) is 0 Å². The van der Waals surface area contributed by atoms with Crippen molar-refractivity contribution in [3.8, 4) is 0 Å². The van der Waals surface area contributed by atoms with Gasteiger partial charge >= 0.3 is 5.97 Å². The Morgan fingerprint density at radius 2 is 1.82 bits per heavy atom. The fraction of sp³-hybridized carbons (Fsp3) is 0.333. The van der Waals surface area contributed by atoms with Crippen molar-refractivity contribution < 1.29 is 14.7 Å². The minimum Gasteiger partial charge on any atom is -0.480 e. The zero-order valence-electron chi connectivity index (χ0n) is 12.1. The van der Waals surface area contributed by atoms with Crippen LogP contribution >= 0.6 is 0 Å². The molecule has 0 bridgehead atoms. The molecule has 0 heterocycles. The first-order chi connectivity index (χ1) is 10.6. The van der Waals surface area contributed by atoms with E-state index < -0.39 is 11.5 Å². The lowest BCUT2D eigenvalue weighted by atomic mass is 10.00. The molecule has 2 N–H and O–H groups in total. The number of carbonyl (C=O) groups excluding carboxylic acids is 1. The zero-order chi connectivity index (χ0) is 15.3. The van der Waals surface area contributed by atoms with Crippen molar-refractivity contribution in [1.29, 1.82) is 0 Å². The van der Waals surface area contributed by atoms with Gasteiger partial charge in [-0.05, 0) is 41.5 Å². The molecule has 2 atom stereocenters. The lowest BCUT2D eigenvalue weighted by Gasteiger charge is -2.12. The number of rotatable bonds is 4. The molecule has 0 radical (unpaired) electrons. The highest BCUT2D eigenvalue weighted by Crippen LogP contribution is 2.50. The van der Waals surface area contributed by atoms with Gasteiger partial charge in [0.15, 0.2) is 0 Å². The van der Waals surface area contributed by atoms with Crippen LogP contribution in [0.15, 0.2) is 42.5 Å². The number of carboxylic acids is 1. The van der Waals surface area contributed by atoms with Crippen LogP contribution in [0.3, 0.4) is 0 Å². The van der Waals surface area contributed by atoms with Gasteiger partial charge in [0.05, 0.1) is 0 Å². The normalized spacial score (nSPS) is 24.7. The number of benzene rings is 2. The van der Waals surface area contributed by atoms with Crippen LogP contribution in [0.5, 0.6) is 0 Å². The molecule has 2 aliphatic carbocycles. The second-order valence-corrected chi connectivity index (χ2v) is 6.39. The molecule has 2 aromatic rings. The first-order valence-corrected chi connectivity index (χ1v) is 7.64. The summed E-state index contributed by atoms with van der Waals surface area (Å²) in [6.07, 6.45) is 1.88. The lowest BCUT2D eigenvalue weighted by molar-refractivity contribution is -0.143. The van der Waals surface area contributed by atoms with Gasteiger partial charge in [-0.25, -0.2) is 4.79 Å². The van der Waals surface area contributed by atoms with E-state index >= 15 is 0 Å². The Balaban J connectivity index is 1.54.